The summed E-state index contributed by atoms with van der Waals surface area (Å²) in [6.45, 7) is 4.14. The van der Waals surface area contributed by atoms with Gasteiger partial charge in [-0.05, 0) is 76.6 Å². The van der Waals surface area contributed by atoms with E-state index in [1.807, 2.05) is 4.90 Å². The molecular formula is C22H31N3O4. The van der Waals surface area contributed by atoms with E-state index in [4.69, 9.17) is 10.5 Å². The predicted molar refractivity (Wildman–Crippen MR) is 109 cm³/mol. The van der Waals surface area contributed by atoms with Crippen molar-refractivity contribution in [2.24, 2.45) is 5.73 Å². The number of rotatable bonds is 7. The molecule has 0 radical (unpaired) electrons. The Labute approximate surface area is 172 Å². The van der Waals surface area contributed by atoms with E-state index in [0.717, 1.165) is 38.5 Å². The van der Waals surface area contributed by atoms with Crippen molar-refractivity contribution in [2.45, 2.75) is 76.4 Å². The van der Waals surface area contributed by atoms with Gasteiger partial charge in [0.2, 0.25) is 5.91 Å². The van der Waals surface area contributed by atoms with Gasteiger partial charge in [0.05, 0.1) is 0 Å². The Hall–Kier alpha value is -2.57. The van der Waals surface area contributed by atoms with E-state index >= 15 is 0 Å². The van der Waals surface area contributed by atoms with E-state index < -0.39 is 11.4 Å². The van der Waals surface area contributed by atoms with Gasteiger partial charge in [-0.3, -0.25) is 14.4 Å². The summed E-state index contributed by atoms with van der Waals surface area (Å²) in [7, 11) is 0. The molecule has 7 nitrogen and oxygen atoms in total. The number of nitrogens with two attached hydrogens (primary N) is 1. The Morgan fingerprint density at radius 1 is 1.10 bits per heavy atom. The second-order valence-electron chi connectivity index (χ2n) is 8.47. The maximum atomic E-state index is 12.6. The number of likely N-dealkylation sites (tertiary alicyclic amines) is 1. The Bertz CT molecular complexity index is 748. The molecule has 2 aliphatic rings. The Morgan fingerprint density at radius 2 is 1.72 bits per heavy atom. The van der Waals surface area contributed by atoms with Crippen LogP contribution in [-0.4, -0.2) is 46.9 Å². The molecule has 7 heteroatoms. The van der Waals surface area contributed by atoms with Crippen LogP contribution in [0.1, 0.15) is 69.2 Å². The van der Waals surface area contributed by atoms with Crippen LogP contribution in [0.5, 0.6) is 5.75 Å². The Balaban J connectivity index is 1.54. The van der Waals surface area contributed by atoms with Crippen LogP contribution in [0, 0.1) is 0 Å². The number of carbonyl (C=O) groups is 3. The molecule has 3 amide bonds. The van der Waals surface area contributed by atoms with Crippen molar-refractivity contribution in [3.8, 4) is 5.75 Å². The topological polar surface area (TPSA) is 102 Å². The minimum atomic E-state index is -0.508. The van der Waals surface area contributed by atoms with E-state index in [9.17, 15) is 14.4 Å². The van der Waals surface area contributed by atoms with Crippen LogP contribution < -0.4 is 15.8 Å². The van der Waals surface area contributed by atoms with Crippen molar-refractivity contribution in [1.29, 1.82) is 0 Å². The third-order valence-electron chi connectivity index (χ3n) is 6.16. The molecule has 1 heterocycles. The molecule has 1 aromatic rings. The number of hydrogen-bond acceptors (Lipinski definition) is 4. The van der Waals surface area contributed by atoms with Crippen molar-refractivity contribution in [1.82, 2.24) is 10.2 Å². The normalized spacial score (nSPS) is 23.0. The number of benzene rings is 1. The lowest BCUT2D eigenvalue weighted by molar-refractivity contribution is -0.139. The molecule has 3 rings (SSSR count). The number of primary amides is 1. The number of amides is 3. The fourth-order valence-electron chi connectivity index (χ4n) is 4.43. The van der Waals surface area contributed by atoms with Gasteiger partial charge in [-0.2, -0.15) is 0 Å². The molecule has 0 bridgehead atoms. The molecule has 0 aromatic heterocycles. The highest BCUT2D eigenvalue weighted by Crippen LogP contribution is 2.35. The fourth-order valence-corrected chi connectivity index (χ4v) is 4.43. The first-order chi connectivity index (χ1) is 13.8. The van der Waals surface area contributed by atoms with Crippen molar-refractivity contribution in [3.05, 3.63) is 29.8 Å². The summed E-state index contributed by atoms with van der Waals surface area (Å²) in [5, 5.41) is 2.96. The van der Waals surface area contributed by atoms with Crippen molar-refractivity contribution < 1.29 is 19.1 Å². The van der Waals surface area contributed by atoms with Gasteiger partial charge in [0, 0.05) is 29.6 Å². The molecule has 1 saturated heterocycles. The zero-order valence-electron chi connectivity index (χ0n) is 17.3. The summed E-state index contributed by atoms with van der Waals surface area (Å²) in [5.74, 6) is -0.104. The van der Waals surface area contributed by atoms with Crippen LogP contribution in [0.25, 0.3) is 0 Å². The van der Waals surface area contributed by atoms with Crippen LogP contribution in [-0.2, 0) is 9.59 Å². The van der Waals surface area contributed by atoms with Gasteiger partial charge in [0.25, 0.3) is 11.8 Å². The molecule has 2 atom stereocenters. The van der Waals surface area contributed by atoms with E-state index in [1.54, 1.807) is 24.3 Å². The molecule has 29 heavy (non-hydrogen) atoms. The first-order valence-electron chi connectivity index (χ1n) is 10.4. The number of ether oxygens (including phenoxy) is 1. The van der Waals surface area contributed by atoms with Crippen LogP contribution in [0.2, 0.25) is 0 Å². The lowest BCUT2D eigenvalue weighted by Crippen LogP contribution is -2.55. The molecule has 0 spiro atoms. The summed E-state index contributed by atoms with van der Waals surface area (Å²) in [6, 6.07) is 7.18. The third kappa shape index (κ3) is 5.08. The van der Waals surface area contributed by atoms with Crippen LogP contribution in [0.4, 0.5) is 0 Å². The SMILES string of the molecule is C[C@H]1CCC[C@H](C)N1C(=O)COc1ccc(C(=O)NC2(CC(N)=O)CCC2)cc1. The minimum absolute atomic E-state index is 0.00936. The van der Waals surface area contributed by atoms with Gasteiger partial charge >= 0.3 is 0 Å². The molecule has 1 aliphatic heterocycles. The van der Waals surface area contributed by atoms with Crippen molar-refractivity contribution in [2.75, 3.05) is 6.61 Å². The molecule has 0 unspecified atom stereocenters. The van der Waals surface area contributed by atoms with E-state index in [1.165, 1.54) is 0 Å². The van der Waals surface area contributed by atoms with Gasteiger partial charge in [-0.1, -0.05) is 0 Å². The highest BCUT2D eigenvalue weighted by molar-refractivity contribution is 5.95. The zero-order chi connectivity index (χ0) is 21.0. The highest BCUT2D eigenvalue weighted by Gasteiger charge is 2.39. The molecular weight excluding hydrogens is 370 g/mol. The minimum Gasteiger partial charge on any atom is -0.484 e. The largest absolute Gasteiger partial charge is 0.484 e. The summed E-state index contributed by atoms with van der Waals surface area (Å²) in [5.41, 5.74) is 5.29. The van der Waals surface area contributed by atoms with Crippen molar-refractivity contribution in [3.63, 3.8) is 0 Å². The second kappa shape index (κ2) is 8.84. The molecule has 1 aromatic carbocycles. The van der Waals surface area contributed by atoms with Gasteiger partial charge < -0.3 is 20.7 Å². The Kier molecular flexibility index (Phi) is 6.45. The number of nitrogens with one attached hydrogen (secondary N) is 1. The van der Waals surface area contributed by atoms with Gasteiger partial charge in [0.1, 0.15) is 5.75 Å². The number of hydrogen-bond donors (Lipinski definition) is 2. The molecule has 2 fully saturated rings. The van der Waals surface area contributed by atoms with E-state index in [-0.39, 0.29) is 36.9 Å². The highest BCUT2D eigenvalue weighted by atomic mass is 16.5. The average Bonchev–Trinajstić information content (AvgIpc) is 2.64. The van der Waals surface area contributed by atoms with Gasteiger partial charge in [-0.15, -0.1) is 0 Å². The van der Waals surface area contributed by atoms with Crippen molar-refractivity contribution >= 4 is 17.7 Å². The third-order valence-corrected chi connectivity index (χ3v) is 6.16. The number of nitrogens with zero attached hydrogens (tertiary/aromatic N) is 1. The maximum Gasteiger partial charge on any atom is 0.260 e. The molecule has 3 N–H and O–H groups in total. The smallest absolute Gasteiger partial charge is 0.260 e. The lowest BCUT2D eigenvalue weighted by Gasteiger charge is -2.41. The molecule has 158 valence electrons. The number of piperidine rings is 1. The predicted octanol–water partition coefficient (Wildman–Crippen LogP) is 2.38. The summed E-state index contributed by atoms with van der Waals surface area (Å²) in [4.78, 5) is 38.3. The summed E-state index contributed by atoms with van der Waals surface area (Å²) in [6.07, 6.45) is 5.86. The van der Waals surface area contributed by atoms with Gasteiger partial charge in [0.15, 0.2) is 6.61 Å². The molecule has 1 aliphatic carbocycles. The van der Waals surface area contributed by atoms with E-state index in [2.05, 4.69) is 19.2 Å². The summed E-state index contributed by atoms with van der Waals surface area (Å²) >= 11 is 0. The number of carbonyl (C=O) groups excluding carboxylic acids is 3. The quantitative estimate of drug-likeness (QED) is 0.732. The van der Waals surface area contributed by atoms with E-state index in [0.29, 0.717) is 11.3 Å². The van der Waals surface area contributed by atoms with Crippen LogP contribution in [0.15, 0.2) is 24.3 Å². The molecule has 1 saturated carbocycles. The maximum absolute atomic E-state index is 12.6. The van der Waals surface area contributed by atoms with Crippen LogP contribution >= 0.6 is 0 Å². The lowest BCUT2D eigenvalue weighted by atomic mass is 9.74. The first-order valence-corrected chi connectivity index (χ1v) is 10.4. The summed E-state index contributed by atoms with van der Waals surface area (Å²) < 4.78 is 5.65. The fraction of sp³-hybridized carbons (Fsp3) is 0.591. The Morgan fingerprint density at radius 3 is 2.24 bits per heavy atom. The van der Waals surface area contributed by atoms with Gasteiger partial charge in [-0.25, -0.2) is 0 Å². The zero-order valence-corrected chi connectivity index (χ0v) is 17.3. The van der Waals surface area contributed by atoms with Crippen LogP contribution in [0.3, 0.4) is 0 Å². The second-order valence-corrected chi connectivity index (χ2v) is 8.47. The standard InChI is InChI=1S/C22H31N3O4/c1-15-5-3-6-16(2)25(15)20(27)14-29-18-9-7-17(8-10-18)21(28)24-22(11-4-12-22)13-19(23)26/h7-10,15-16H,3-6,11-14H2,1-2H3,(H2,23,26)(H,24,28)/t15-,16-/m0/s1. The monoisotopic (exact) mass is 401 g/mol. The average molecular weight is 402 g/mol. The first kappa shape index (κ1) is 21.1.